The summed E-state index contributed by atoms with van der Waals surface area (Å²) in [6, 6.07) is 0. The van der Waals surface area contributed by atoms with E-state index in [-0.39, 0.29) is 25.1 Å². The Labute approximate surface area is 103 Å². The lowest BCUT2D eigenvalue weighted by molar-refractivity contribution is -0.309. The molecule has 5 nitrogen and oxygen atoms in total. The molecule has 2 atom stereocenters. The van der Waals surface area contributed by atoms with Crippen LogP contribution in [0.1, 0.15) is 33.1 Å². The fourth-order valence-corrected chi connectivity index (χ4v) is 2.19. The SMILES string of the molecule is COC(C[C@H]1C[C@@H](CCO)OC(C)(C)O1)OC. The highest BCUT2D eigenvalue weighted by Gasteiger charge is 2.36. The van der Waals surface area contributed by atoms with Gasteiger partial charge < -0.3 is 24.1 Å². The molecule has 1 fully saturated rings. The molecule has 1 aliphatic heterocycles. The first-order valence-electron chi connectivity index (χ1n) is 6.03. The van der Waals surface area contributed by atoms with Gasteiger partial charge in [-0.25, -0.2) is 0 Å². The van der Waals surface area contributed by atoms with Crippen molar-refractivity contribution < 1.29 is 24.1 Å². The number of aliphatic hydroxyl groups is 1. The molecular weight excluding hydrogens is 224 g/mol. The molecule has 1 N–H and O–H groups in total. The third-order valence-corrected chi connectivity index (χ3v) is 2.86. The van der Waals surface area contributed by atoms with E-state index in [1.165, 1.54) is 0 Å². The van der Waals surface area contributed by atoms with Crippen molar-refractivity contribution in [1.82, 2.24) is 0 Å². The van der Waals surface area contributed by atoms with E-state index in [1.807, 2.05) is 13.8 Å². The summed E-state index contributed by atoms with van der Waals surface area (Å²) in [5, 5.41) is 8.98. The van der Waals surface area contributed by atoms with Crippen molar-refractivity contribution >= 4 is 0 Å². The maximum absolute atomic E-state index is 8.98. The van der Waals surface area contributed by atoms with Gasteiger partial charge >= 0.3 is 0 Å². The number of rotatable bonds is 6. The van der Waals surface area contributed by atoms with Crippen LogP contribution < -0.4 is 0 Å². The van der Waals surface area contributed by atoms with E-state index in [0.717, 1.165) is 6.42 Å². The first-order chi connectivity index (χ1) is 8.00. The highest BCUT2D eigenvalue weighted by molar-refractivity contribution is 4.77. The van der Waals surface area contributed by atoms with Gasteiger partial charge in [0.25, 0.3) is 0 Å². The summed E-state index contributed by atoms with van der Waals surface area (Å²) in [5.74, 6) is -0.616. The van der Waals surface area contributed by atoms with E-state index in [2.05, 4.69) is 0 Å². The molecule has 1 saturated heterocycles. The van der Waals surface area contributed by atoms with Crippen LogP contribution >= 0.6 is 0 Å². The van der Waals surface area contributed by atoms with Crippen LogP contribution in [-0.4, -0.2) is 50.2 Å². The highest BCUT2D eigenvalue weighted by Crippen LogP contribution is 2.30. The zero-order valence-electron chi connectivity index (χ0n) is 11.1. The van der Waals surface area contributed by atoms with Gasteiger partial charge in [-0.05, 0) is 20.3 Å². The first kappa shape index (κ1) is 14.9. The zero-order valence-corrected chi connectivity index (χ0v) is 11.1. The van der Waals surface area contributed by atoms with Gasteiger partial charge in [-0.15, -0.1) is 0 Å². The van der Waals surface area contributed by atoms with Crippen molar-refractivity contribution in [3.63, 3.8) is 0 Å². The second-order valence-electron chi connectivity index (χ2n) is 4.76. The number of hydrogen-bond donors (Lipinski definition) is 1. The minimum Gasteiger partial charge on any atom is -0.396 e. The number of hydrogen-bond acceptors (Lipinski definition) is 5. The molecule has 17 heavy (non-hydrogen) atoms. The van der Waals surface area contributed by atoms with E-state index in [1.54, 1.807) is 14.2 Å². The van der Waals surface area contributed by atoms with Crippen molar-refractivity contribution in [2.45, 2.75) is 57.4 Å². The molecule has 0 aromatic carbocycles. The quantitative estimate of drug-likeness (QED) is 0.718. The summed E-state index contributed by atoms with van der Waals surface area (Å²) >= 11 is 0. The molecule has 1 rings (SSSR count). The maximum atomic E-state index is 8.98. The van der Waals surface area contributed by atoms with Gasteiger partial charge in [0.05, 0.1) is 12.2 Å². The lowest BCUT2D eigenvalue weighted by atomic mass is 10.0. The van der Waals surface area contributed by atoms with Gasteiger partial charge in [-0.2, -0.15) is 0 Å². The average Bonchev–Trinajstić information content (AvgIpc) is 2.24. The molecule has 5 heteroatoms. The third-order valence-electron chi connectivity index (χ3n) is 2.86. The largest absolute Gasteiger partial charge is 0.396 e. The smallest absolute Gasteiger partial charge is 0.163 e. The Hall–Kier alpha value is -0.200. The Bertz CT molecular complexity index is 215. The maximum Gasteiger partial charge on any atom is 0.163 e. The second-order valence-corrected chi connectivity index (χ2v) is 4.76. The predicted molar refractivity (Wildman–Crippen MR) is 62.6 cm³/mol. The molecule has 0 bridgehead atoms. The molecule has 0 radical (unpaired) electrons. The van der Waals surface area contributed by atoms with E-state index in [9.17, 15) is 0 Å². The first-order valence-corrected chi connectivity index (χ1v) is 6.03. The van der Waals surface area contributed by atoms with Crippen molar-refractivity contribution in [3.8, 4) is 0 Å². The molecule has 0 aliphatic carbocycles. The van der Waals surface area contributed by atoms with Gasteiger partial charge in [0.1, 0.15) is 0 Å². The normalized spacial score (nSPS) is 28.6. The Morgan fingerprint density at radius 3 is 2.35 bits per heavy atom. The van der Waals surface area contributed by atoms with Crippen LogP contribution in [0.15, 0.2) is 0 Å². The fraction of sp³-hybridized carbons (Fsp3) is 1.00. The van der Waals surface area contributed by atoms with Crippen LogP contribution in [0.5, 0.6) is 0 Å². The molecule has 0 saturated carbocycles. The topological polar surface area (TPSA) is 57.2 Å². The van der Waals surface area contributed by atoms with Crippen LogP contribution in [0.25, 0.3) is 0 Å². The summed E-state index contributed by atoms with van der Waals surface area (Å²) in [5.41, 5.74) is 0. The lowest BCUT2D eigenvalue weighted by Gasteiger charge is -2.41. The molecule has 102 valence electrons. The van der Waals surface area contributed by atoms with E-state index in [4.69, 9.17) is 24.1 Å². The van der Waals surface area contributed by atoms with Gasteiger partial charge in [-0.1, -0.05) is 0 Å². The van der Waals surface area contributed by atoms with Crippen molar-refractivity contribution in [1.29, 1.82) is 0 Å². The Balaban J connectivity index is 2.53. The molecule has 0 amide bonds. The van der Waals surface area contributed by atoms with Gasteiger partial charge in [0.15, 0.2) is 12.1 Å². The van der Waals surface area contributed by atoms with Crippen molar-refractivity contribution in [2.75, 3.05) is 20.8 Å². The van der Waals surface area contributed by atoms with Crippen molar-refractivity contribution in [2.24, 2.45) is 0 Å². The van der Waals surface area contributed by atoms with Gasteiger partial charge in [-0.3, -0.25) is 0 Å². The van der Waals surface area contributed by atoms with Crippen LogP contribution in [0.4, 0.5) is 0 Å². The van der Waals surface area contributed by atoms with Gasteiger partial charge in [0.2, 0.25) is 0 Å². The molecule has 0 spiro atoms. The number of methoxy groups -OCH3 is 2. The fourth-order valence-electron chi connectivity index (χ4n) is 2.19. The third kappa shape index (κ3) is 4.89. The predicted octanol–water partition coefficient (Wildman–Crippen LogP) is 1.29. The van der Waals surface area contributed by atoms with Crippen LogP contribution in [-0.2, 0) is 18.9 Å². The molecule has 1 heterocycles. The van der Waals surface area contributed by atoms with E-state index < -0.39 is 5.79 Å². The van der Waals surface area contributed by atoms with E-state index >= 15 is 0 Å². The highest BCUT2D eigenvalue weighted by atomic mass is 16.7. The van der Waals surface area contributed by atoms with Crippen molar-refractivity contribution in [3.05, 3.63) is 0 Å². The summed E-state index contributed by atoms with van der Waals surface area (Å²) in [6.07, 6.45) is 1.86. The average molecular weight is 248 g/mol. The molecule has 0 unspecified atom stereocenters. The Kier molecular flexibility index (Phi) is 5.82. The zero-order chi connectivity index (χ0) is 12.9. The summed E-state index contributed by atoms with van der Waals surface area (Å²) in [7, 11) is 3.23. The van der Waals surface area contributed by atoms with Crippen LogP contribution in [0, 0.1) is 0 Å². The molecule has 0 aromatic heterocycles. The van der Waals surface area contributed by atoms with Crippen LogP contribution in [0.3, 0.4) is 0 Å². The van der Waals surface area contributed by atoms with E-state index in [0.29, 0.717) is 12.8 Å². The Morgan fingerprint density at radius 1 is 1.24 bits per heavy atom. The minimum absolute atomic E-state index is 0.0280. The lowest BCUT2D eigenvalue weighted by Crippen LogP contribution is -2.46. The summed E-state index contributed by atoms with van der Waals surface area (Å²) < 4.78 is 21.9. The molecular formula is C12H24O5. The van der Waals surface area contributed by atoms with Crippen LogP contribution in [0.2, 0.25) is 0 Å². The molecule has 0 aromatic rings. The standard InChI is InChI=1S/C12H24O5/c1-12(2)16-9(5-6-13)7-10(17-12)8-11(14-3)15-4/h9-11,13H,5-8H2,1-4H3/t9-,10-/m1/s1. The summed E-state index contributed by atoms with van der Waals surface area (Å²) in [6.45, 7) is 3.90. The van der Waals surface area contributed by atoms with Gasteiger partial charge in [0, 0.05) is 33.7 Å². The second kappa shape index (κ2) is 6.66. The number of ether oxygens (including phenoxy) is 4. The Morgan fingerprint density at radius 2 is 1.82 bits per heavy atom. The summed E-state index contributed by atoms with van der Waals surface area (Å²) in [4.78, 5) is 0. The molecule has 1 aliphatic rings. The minimum atomic E-state index is -0.616. The monoisotopic (exact) mass is 248 g/mol. The number of aliphatic hydroxyl groups excluding tert-OH is 1.